The summed E-state index contributed by atoms with van der Waals surface area (Å²) in [6, 6.07) is 12.0. The highest BCUT2D eigenvalue weighted by Crippen LogP contribution is 2.36. The van der Waals surface area contributed by atoms with Gasteiger partial charge in [0.1, 0.15) is 11.5 Å². The number of amides is 1. The SMILES string of the molecule is CC(=O)N1CCc2cc(O)ccc2C1c1ccc(O)cc1. The third kappa shape index (κ3) is 2.44. The molecular weight excluding hydrogens is 266 g/mol. The van der Waals surface area contributed by atoms with Crippen molar-refractivity contribution in [3.05, 3.63) is 59.2 Å². The summed E-state index contributed by atoms with van der Waals surface area (Å²) in [5.41, 5.74) is 3.04. The van der Waals surface area contributed by atoms with Gasteiger partial charge in [0.05, 0.1) is 6.04 Å². The predicted molar refractivity (Wildman–Crippen MR) is 79.1 cm³/mol. The molecule has 0 saturated heterocycles. The fraction of sp³-hybridized carbons (Fsp3) is 0.235. The number of carbonyl (C=O) groups excluding carboxylic acids is 1. The monoisotopic (exact) mass is 283 g/mol. The molecule has 1 aliphatic rings. The summed E-state index contributed by atoms with van der Waals surface area (Å²) in [5, 5.41) is 19.1. The van der Waals surface area contributed by atoms with Crippen LogP contribution in [0.2, 0.25) is 0 Å². The smallest absolute Gasteiger partial charge is 0.220 e. The maximum Gasteiger partial charge on any atom is 0.220 e. The number of fused-ring (bicyclic) bond motifs is 1. The van der Waals surface area contributed by atoms with Gasteiger partial charge in [-0.3, -0.25) is 4.79 Å². The number of aromatic hydroxyl groups is 2. The van der Waals surface area contributed by atoms with Crippen molar-refractivity contribution >= 4 is 5.91 Å². The topological polar surface area (TPSA) is 60.8 Å². The highest BCUT2D eigenvalue weighted by Gasteiger charge is 2.30. The molecule has 4 heteroatoms. The van der Waals surface area contributed by atoms with Crippen molar-refractivity contribution in [3.8, 4) is 11.5 Å². The number of rotatable bonds is 1. The number of nitrogens with zero attached hydrogens (tertiary/aromatic N) is 1. The van der Waals surface area contributed by atoms with Crippen molar-refractivity contribution in [1.82, 2.24) is 4.90 Å². The lowest BCUT2D eigenvalue weighted by atomic mass is 9.88. The van der Waals surface area contributed by atoms with Crippen LogP contribution in [-0.2, 0) is 11.2 Å². The van der Waals surface area contributed by atoms with Crippen LogP contribution < -0.4 is 0 Å². The van der Waals surface area contributed by atoms with E-state index in [1.165, 1.54) is 0 Å². The Bertz CT molecular complexity index is 679. The lowest BCUT2D eigenvalue weighted by molar-refractivity contribution is -0.130. The molecule has 2 aromatic carbocycles. The molecule has 3 rings (SSSR count). The minimum absolute atomic E-state index is 0.0202. The highest BCUT2D eigenvalue weighted by molar-refractivity contribution is 5.75. The van der Waals surface area contributed by atoms with Crippen LogP contribution in [0.3, 0.4) is 0 Å². The molecule has 2 aromatic rings. The normalized spacial score (nSPS) is 17.4. The maximum absolute atomic E-state index is 12.0. The van der Waals surface area contributed by atoms with Crippen molar-refractivity contribution in [2.45, 2.75) is 19.4 Å². The quantitative estimate of drug-likeness (QED) is 0.845. The molecule has 0 aromatic heterocycles. The first-order chi connectivity index (χ1) is 10.1. The molecule has 0 bridgehead atoms. The predicted octanol–water partition coefficient (Wildman–Crippen LogP) is 2.59. The summed E-state index contributed by atoms with van der Waals surface area (Å²) in [7, 11) is 0. The Morgan fingerprint density at radius 3 is 2.43 bits per heavy atom. The first-order valence-corrected chi connectivity index (χ1v) is 6.94. The lowest BCUT2D eigenvalue weighted by Gasteiger charge is -2.37. The Kier molecular flexibility index (Phi) is 3.29. The Labute approximate surface area is 123 Å². The van der Waals surface area contributed by atoms with Crippen molar-refractivity contribution in [1.29, 1.82) is 0 Å². The zero-order chi connectivity index (χ0) is 15.0. The Balaban J connectivity index is 2.12. The Hall–Kier alpha value is -2.49. The number of carbonyl (C=O) groups is 1. The van der Waals surface area contributed by atoms with Gasteiger partial charge in [-0.25, -0.2) is 0 Å². The Morgan fingerprint density at radius 1 is 1.10 bits per heavy atom. The van der Waals surface area contributed by atoms with E-state index >= 15 is 0 Å². The fourth-order valence-corrected chi connectivity index (χ4v) is 2.97. The second-order valence-corrected chi connectivity index (χ2v) is 5.34. The third-order valence-electron chi connectivity index (χ3n) is 3.97. The minimum Gasteiger partial charge on any atom is -0.508 e. The number of benzene rings is 2. The molecule has 1 aliphatic heterocycles. The highest BCUT2D eigenvalue weighted by atomic mass is 16.3. The maximum atomic E-state index is 12.0. The molecule has 0 saturated carbocycles. The van der Waals surface area contributed by atoms with Crippen LogP contribution in [0, 0.1) is 0 Å². The zero-order valence-electron chi connectivity index (χ0n) is 11.8. The molecule has 21 heavy (non-hydrogen) atoms. The summed E-state index contributed by atoms with van der Waals surface area (Å²) in [6.45, 7) is 2.19. The molecular formula is C17H17NO3. The first kappa shape index (κ1) is 13.5. The van der Waals surface area contributed by atoms with E-state index in [-0.39, 0.29) is 23.4 Å². The molecule has 1 heterocycles. The molecule has 108 valence electrons. The van der Waals surface area contributed by atoms with Crippen LogP contribution in [0.1, 0.15) is 29.7 Å². The molecule has 0 aliphatic carbocycles. The average Bonchev–Trinajstić information content (AvgIpc) is 2.46. The zero-order valence-corrected chi connectivity index (χ0v) is 11.8. The van der Waals surface area contributed by atoms with E-state index in [0.29, 0.717) is 6.54 Å². The van der Waals surface area contributed by atoms with E-state index in [9.17, 15) is 15.0 Å². The van der Waals surface area contributed by atoms with Crippen molar-refractivity contribution in [2.75, 3.05) is 6.54 Å². The summed E-state index contributed by atoms with van der Waals surface area (Å²) in [4.78, 5) is 13.8. The number of phenols is 2. The van der Waals surface area contributed by atoms with Crippen LogP contribution in [0.15, 0.2) is 42.5 Å². The second-order valence-electron chi connectivity index (χ2n) is 5.34. The van der Waals surface area contributed by atoms with E-state index in [0.717, 1.165) is 23.1 Å². The van der Waals surface area contributed by atoms with Gasteiger partial charge in [-0.05, 0) is 47.4 Å². The summed E-state index contributed by atoms with van der Waals surface area (Å²) in [5.74, 6) is 0.469. The average molecular weight is 283 g/mol. The first-order valence-electron chi connectivity index (χ1n) is 6.94. The van der Waals surface area contributed by atoms with E-state index in [1.807, 2.05) is 23.1 Å². The van der Waals surface area contributed by atoms with Crippen LogP contribution >= 0.6 is 0 Å². The molecule has 0 spiro atoms. The van der Waals surface area contributed by atoms with Gasteiger partial charge in [-0.15, -0.1) is 0 Å². The van der Waals surface area contributed by atoms with Crippen molar-refractivity contribution in [3.63, 3.8) is 0 Å². The molecule has 1 amide bonds. The van der Waals surface area contributed by atoms with Gasteiger partial charge < -0.3 is 15.1 Å². The summed E-state index contributed by atoms with van der Waals surface area (Å²) >= 11 is 0. The van der Waals surface area contributed by atoms with Gasteiger partial charge in [0, 0.05) is 13.5 Å². The van der Waals surface area contributed by atoms with Crippen LogP contribution in [0.4, 0.5) is 0 Å². The standard InChI is InChI=1S/C17H17NO3/c1-11(19)18-9-8-13-10-15(21)6-7-16(13)17(18)12-2-4-14(20)5-3-12/h2-7,10,17,20-21H,8-9H2,1H3. The third-order valence-corrected chi connectivity index (χ3v) is 3.97. The van der Waals surface area contributed by atoms with Crippen molar-refractivity contribution < 1.29 is 15.0 Å². The lowest BCUT2D eigenvalue weighted by Crippen LogP contribution is -2.39. The molecule has 1 atom stereocenters. The molecule has 4 nitrogen and oxygen atoms in total. The minimum atomic E-state index is -0.174. The van der Waals surface area contributed by atoms with Gasteiger partial charge in [-0.2, -0.15) is 0 Å². The van der Waals surface area contributed by atoms with Gasteiger partial charge in [-0.1, -0.05) is 18.2 Å². The van der Waals surface area contributed by atoms with Gasteiger partial charge in [0.2, 0.25) is 5.91 Å². The number of hydrogen-bond acceptors (Lipinski definition) is 3. The fourth-order valence-electron chi connectivity index (χ4n) is 2.97. The van der Waals surface area contributed by atoms with Crippen LogP contribution in [0.5, 0.6) is 11.5 Å². The van der Waals surface area contributed by atoms with Gasteiger partial charge >= 0.3 is 0 Å². The van der Waals surface area contributed by atoms with Gasteiger partial charge in [0.25, 0.3) is 0 Å². The number of hydrogen-bond donors (Lipinski definition) is 2. The molecule has 0 fully saturated rings. The summed E-state index contributed by atoms with van der Waals surface area (Å²) < 4.78 is 0. The van der Waals surface area contributed by atoms with Crippen LogP contribution in [0.25, 0.3) is 0 Å². The van der Waals surface area contributed by atoms with Crippen molar-refractivity contribution in [2.24, 2.45) is 0 Å². The van der Waals surface area contributed by atoms with E-state index in [1.54, 1.807) is 31.2 Å². The molecule has 0 radical (unpaired) electrons. The largest absolute Gasteiger partial charge is 0.508 e. The Morgan fingerprint density at radius 2 is 1.76 bits per heavy atom. The second kappa shape index (κ2) is 5.13. The van der Waals surface area contributed by atoms with Gasteiger partial charge in [0.15, 0.2) is 0 Å². The van der Waals surface area contributed by atoms with E-state index in [2.05, 4.69) is 0 Å². The van der Waals surface area contributed by atoms with E-state index < -0.39 is 0 Å². The summed E-state index contributed by atoms with van der Waals surface area (Å²) in [6.07, 6.45) is 0.734. The number of phenolic OH excluding ortho intramolecular Hbond substituents is 2. The molecule has 1 unspecified atom stereocenters. The van der Waals surface area contributed by atoms with E-state index in [4.69, 9.17) is 0 Å². The molecule has 2 N–H and O–H groups in total. The van der Waals surface area contributed by atoms with Crippen LogP contribution in [-0.4, -0.2) is 27.6 Å².